The Kier molecular flexibility index (Phi) is 5.15. The lowest BCUT2D eigenvalue weighted by atomic mass is 10.1. The molecule has 1 aromatic heterocycles. The van der Waals surface area contributed by atoms with E-state index in [1.54, 1.807) is 9.58 Å². The number of hydrogen-bond acceptors (Lipinski definition) is 4. The van der Waals surface area contributed by atoms with Gasteiger partial charge in [0.25, 0.3) is 5.91 Å². The number of nitrogens with one attached hydrogen (secondary N) is 1. The van der Waals surface area contributed by atoms with Crippen LogP contribution < -0.4 is 5.32 Å². The first-order valence-electron chi connectivity index (χ1n) is 10.2. The molecule has 4 rings (SSSR count). The maximum absolute atomic E-state index is 13.1. The lowest BCUT2D eigenvalue weighted by Crippen LogP contribution is -2.46. The molecule has 2 fully saturated rings. The molecule has 0 spiro atoms. The summed E-state index contributed by atoms with van der Waals surface area (Å²) >= 11 is 0. The molecule has 2 amide bonds. The predicted molar refractivity (Wildman–Crippen MR) is 105 cm³/mol. The molecular formula is C21H27N5O2. The number of carbonyl (C=O) groups is 2. The average Bonchev–Trinajstić information content (AvgIpc) is 3.25. The maximum Gasteiger partial charge on any atom is 0.277 e. The summed E-state index contributed by atoms with van der Waals surface area (Å²) in [7, 11) is 0. The van der Waals surface area contributed by atoms with E-state index in [4.69, 9.17) is 0 Å². The van der Waals surface area contributed by atoms with Gasteiger partial charge in [-0.2, -0.15) is 0 Å². The fourth-order valence-electron chi connectivity index (χ4n) is 3.70. The lowest BCUT2D eigenvalue weighted by Gasteiger charge is -2.23. The lowest BCUT2D eigenvalue weighted by molar-refractivity contribution is -0.125. The Morgan fingerprint density at radius 1 is 1.14 bits per heavy atom. The van der Waals surface area contributed by atoms with Gasteiger partial charge in [-0.1, -0.05) is 36.4 Å². The molecule has 2 aliphatic rings. The fraction of sp³-hybridized carbons (Fsp3) is 0.524. The van der Waals surface area contributed by atoms with E-state index in [0.717, 1.165) is 36.9 Å². The Morgan fingerprint density at radius 3 is 2.54 bits per heavy atom. The van der Waals surface area contributed by atoms with Gasteiger partial charge in [0.2, 0.25) is 5.91 Å². The van der Waals surface area contributed by atoms with Gasteiger partial charge in [-0.3, -0.25) is 9.59 Å². The molecule has 1 aromatic carbocycles. The Balaban J connectivity index is 1.47. The molecule has 28 heavy (non-hydrogen) atoms. The first-order chi connectivity index (χ1) is 13.6. The minimum Gasteiger partial charge on any atom is -0.352 e. The Morgan fingerprint density at radius 2 is 1.86 bits per heavy atom. The Hall–Kier alpha value is -2.70. The van der Waals surface area contributed by atoms with E-state index in [1.807, 2.05) is 6.92 Å². The van der Waals surface area contributed by atoms with Gasteiger partial charge >= 0.3 is 0 Å². The zero-order chi connectivity index (χ0) is 19.7. The smallest absolute Gasteiger partial charge is 0.277 e. The normalized spacial score (nSPS) is 19.1. The van der Waals surface area contributed by atoms with Crippen molar-refractivity contribution in [2.45, 2.75) is 64.6 Å². The first kappa shape index (κ1) is 18.7. The number of aryl methyl sites for hydroxylation is 1. The van der Waals surface area contributed by atoms with E-state index in [0.29, 0.717) is 31.2 Å². The van der Waals surface area contributed by atoms with Crippen LogP contribution in [0.5, 0.6) is 0 Å². The summed E-state index contributed by atoms with van der Waals surface area (Å²) in [5.41, 5.74) is 3.49. The molecule has 2 heterocycles. The van der Waals surface area contributed by atoms with Gasteiger partial charge < -0.3 is 10.2 Å². The summed E-state index contributed by atoms with van der Waals surface area (Å²) in [5, 5.41) is 11.4. The van der Waals surface area contributed by atoms with Crippen molar-refractivity contribution in [1.82, 2.24) is 25.2 Å². The van der Waals surface area contributed by atoms with Crippen LogP contribution in [0.15, 0.2) is 24.3 Å². The molecule has 0 radical (unpaired) electrons. The van der Waals surface area contributed by atoms with Crippen LogP contribution >= 0.6 is 0 Å². The van der Waals surface area contributed by atoms with E-state index in [-0.39, 0.29) is 17.9 Å². The number of aromatic nitrogens is 3. The number of nitrogens with zero attached hydrogens (tertiary/aromatic N) is 4. The highest BCUT2D eigenvalue weighted by Gasteiger charge is 2.38. The zero-order valence-electron chi connectivity index (χ0n) is 16.5. The first-order valence-corrected chi connectivity index (χ1v) is 10.2. The zero-order valence-corrected chi connectivity index (χ0v) is 16.5. The van der Waals surface area contributed by atoms with Crippen LogP contribution in [-0.4, -0.2) is 50.3 Å². The molecular weight excluding hydrogens is 354 g/mol. The third-order valence-electron chi connectivity index (χ3n) is 5.69. The van der Waals surface area contributed by atoms with Gasteiger partial charge in [0.05, 0.1) is 12.2 Å². The molecule has 7 heteroatoms. The summed E-state index contributed by atoms with van der Waals surface area (Å²) in [6, 6.07) is 8.30. The Bertz CT molecular complexity index is 869. The SMILES string of the molecule is CCc1ccc(Cn2nnc(C(=O)N3CCC[C@H]3C(=O)NC3CC3)c2C)cc1. The van der Waals surface area contributed by atoms with Crippen molar-refractivity contribution in [3.63, 3.8) is 0 Å². The molecule has 0 unspecified atom stereocenters. The summed E-state index contributed by atoms with van der Waals surface area (Å²) in [6.07, 6.45) is 4.64. The van der Waals surface area contributed by atoms with Crippen molar-refractivity contribution in [2.75, 3.05) is 6.54 Å². The molecule has 1 saturated carbocycles. The summed E-state index contributed by atoms with van der Waals surface area (Å²) < 4.78 is 1.75. The van der Waals surface area contributed by atoms with Crippen molar-refractivity contribution in [1.29, 1.82) is 0 Å². The van der Waals surface area contributed by atoms with Crippen LogP contribution in [0.1, 0.15) is 59.9 Å². The van der Waals surface area contributed by atoms with Gasteiger partial charge in [0.15, 0.2) is 5.69 Å². The minimum atomic E-state index is -0.390. The van der Waals surface area contributed by atoms with Gasteiger partial charge in [-0.05, 0) is 50.2 Å². The number of likely N-dealkylation sites (tertiary alicyclic amines) is 1. The summed E-state index contributed by atoms with van der Waals surface area (Å²) in [4.78, 5) is 27.2. The highest BCUT2D eigenvalue weighted by molar-refractivity contribution is 5.97. The van der Waals surface area contributed by atoms with Crippen molar-refractivity contribution >= 4 is 11.8 Å². The van der Waals surface area contributed by atoms with Crippen molar-refractivity contribution < 1.29 is 9.59 Å². The maximum atomic E-state index is 13.1. The number of amides is 2. The predicted octanol–water partition coefficient (Wildman–Crippen LogP) is 2.08. The second-order valence-corrected chi connectivity index (χ2v) is 7.79. The Labute approximate surface area is 165 Å². The highest BCUT2D eigenvalue weighted by Crippen LogP contribution is 2.24. The summed E-state index contributed by atoms with van der Waals surface area (Å²) in [5.74, 6) is -0.229. The molecule has 1 atom stereocenters. The molecule has 1 aliphatic heterocycles. The van der Waals surface area contributed by atoms with E-state index in [2.05, 4.69) is 46.8 Å². The van der Waals surface area contributed by atoms with Crippen molar-refractivity contribution in [2.24, 2.45) is 0 Å². The van der Waals surface area contributed by atoms with E-state index in [9.17, 15) is 9.59 Å². The highest BCUT2D eigenvalue weighted by atomic mass is 16.2. The number of rotatable bonds is 6. The quantitative estimate of drug-likeness (QED) is 0.831. The van der Waals surface area contributed by atoms with E-state index >= 15 is 0 Å². The van der Waals surface area contributed by atoms with Crippen LogP contribution in [0.3, 0.4) is 0 Å². The van der Waals surface area contributed by atoms with Crippen LogP contribution in [0.2, 0.25) is 0 Å². The number of benzene rings is 1. The fourth-order valence-corrected chi connectivity index (χ4v) is 3.70. The van der Waals surface area contributed by atoms with Gasteiger partial charge in [-0.25, -0.2) is 4.68 Å². The third-order valence-corrected chi connectivity index (χ3v) is 5.69. The largest absolute Gasteiger partial charge is 0.352 e. The molecule has 1 N–H and O–H groups in total. The second-order valence-electron chi connectivity index (χ2n) is 7.79. The van der Waals surface area contributed by atoms with Gasteiger partial charge in [0.1, 0.15) is 6.04 Å². The molecule has 1 aliphatic carbocycles. The third kappa shape index (κ3) is 3.79. The van der Waals surface area contributed by atoms with Crippen LogP contribution in [0.4, 0.5) is 0 Å². The average molecular weight is 381 g/mol. The molecule has 7 nitrogen and oxygen atoms in total. The number of hydrogen-bond donors (Lipinski definition) is 1. The summed E-state index contributed by atoms with van der Waals surface area (Å²) in [6.45, 7) is 5.15. The van der Waals surface area contributed by atoms with Gasteiger partial charge in [0, 0.05) is 12.6 Å². The van der Waals surface area contributed by atoms with Crippen molar-refractivity contribution in [3.8, 4) is 0 Å². The molecule has 148 valence electrons. The molecule has 1 saturated heterocycles. The second kappa shape index (κ2) is 7.73. The standard InChI is InChI=1S/C21H27N5O2/c1-3-15-6-8-16(9-7-15)13-26-14(2)19(23-24-26)21(28)25-12-4-5-18(25)20(27)22-17-10-11-17/h6-9,17-18H,3-5,10-13H2,1-2H3,(H,22,27)/t18-/m0/s1. The number of carbonyl (C=O) groups excluding carboxylic acids is 2. The van der Waals surface area contributed by atoms with Crippen molar-refractivity contribution in [3.05, 3.63) is 46.8 Å². The van der Waals surface area contributed by atoms with Crippen LogP contribution in [-0.2, 0) is 17.8 Å². The van der Waals surface area contributed by atoms with E-state index in [1.165, 1.54) is 5.56 Å². The minimum absolute atomic E-state index is 0.0330. The van der Waals surface area contributed by atoms with E-state index < -0.39 is 0 Å². The monoisotopic (exact) mass is 381 g/mol. The van der Waals surface area contributed by atoms with Gasteiger partial charge in [-0.15, -0.1) is 5.10 Å². The molecule has 2 aromatic rings. The van der Waals surface area contributed by atoms with Crippen LogP contribution in [0.25, 0.3) is 0 Å². The molecule has 0 bridgehead atoms. The van der Waals surface area contributed by atoms with Crippen LogP contribution in [0, 0.1) is 6.92 Å². The topological polar surface area (TPSA) is 80.1 Å².